The molecule has 0 bridgehead atoms. The molecule has 0 fully saturated rings. The van der Waals surface area contributed by atoms with Gasteiger partial charge in [-0.05, 0) is 31.0 Å². The number of ether oxygens (including phenoxy) is 1. The molecular formula is C14H16FNO2. The molecule has 0 amide bonds. The Morgan fingerprint density at radius 2 is 2.06 bits per heavy atom. The fraction of sp³-hybridized carbons (Fsp3) is 0.357. The molecule has 0 radical (unpaired) electrons. The van der Waals surface area contributed by atoms with E-state index in [1.165, 1.54) is 0 Å². The lowest BCUT2D eigenvalue weighted by atomic mass is 10.0. The molecule has 18 heavy (non-hydrogen) atoms. The number of rotatable bonds is 4. The molecule has 1 aromatic heterocycles. The third-order valence-corrected chi connectivity index (χ3v) is 2.88. The Bertz CT molecular complexity index is 569. The number of hydrogen-bond acceptors (Lipinski definition) is 3. The van der Waals surface area contributed by atoms with Crippen molar-refractivity contribution in [1.29, 1.82) is 0 Å². The van der Waals surface area contributed by atoms with Crippen molar-refractivity contribution >= 4 is 10.9 Å². The van der Waals surface area contributed by atoms with Gasteiger partial charge in [-0.15, -0.1) is 0 Å². The van der Waals surface area contributed by atoms with Crippen LogP contribution in [0.1, 0.15) is 16.8 Å². The maximum atomic E-state index is 11.9. The Morgan fingerprint density at radius 3 is 2.78 bits per heavy atom. The monoisotopic (exact) mass is 249 g/mol. The number of halogens is 1. The van der Waals surface area contributed by atoms with Crippen LogP contribution in [0.15, 0.2) is 18.2 Å². The van der Waals surface area contributed by atoms with Crippen LogP contribution in [0.4, 0.5) is 4.39 Å². The lowest BCUT2D eigenvalue weighted by molar-refractivity contribution is 0.104. The number of fused-ring (bicyclic) bond motifs is 1. The van der Waals surface area contributed by atoms with Crippen LogP contribution >= 0.6 is 0 Å². The summed E-state index contributed by atoms with van der Waals surface area (Å²) >= 11 is 0. The molecule has 96 valence electrons. The van der Waals surface area contributed by atoms with Gasteiger partial charge in [0.2, 0.25) is 0 Å². The van der Waals surface area contributed by atoms with Gasteiger partial charge in [0.05, 0.1) is 18.9 Å². The molecular weight excluding hydrogens is 233 g/mol. The van der Waals surface area contributed by atoms with Crippen LogP contribution in [0.5, 0.6) is 5.75 Å². The van der Waals surface area contributed by atoms with Crippen molar-refractivity contribution in [2.45, 2.75) is 20.5 Å². The van der Waals surface area contributed by atoms with Gasteiger partial charge in [0.1, 0.15) is 17.9 Å². The van der Waals surface area contributed by atoms with Crippen LogP contribution in [0.25, 0.3) is 10.9 Å². The van der Waals surface area contributed by atoms with Crippen molar-refractivity contribution in [2.75, 3.05) is 13.3 Å². The highest BCUT2D eigenvalue weighted by molar-refractivity contribution is 5.88. The molecule has 0 saturated heterocycles. The normalized spacial score (nSPS) is 11.1. The first kappa shape index (κ1) is 12.8. The summed E-state index contributed by atoms with van der Waals surface area (Å²) in [7, 11) is 0. The van der Waals surface area contributed by atoms with E-state index in [0.717, 1.165) is 16.5 Å². The fourth-order valence-electron chi connectivity index (χ4n) is 1.97. The number of aromatic hydroxyl groups is 1. The molecule has 0 aliphatic rings. The minimum Gasteiger partial charge on any atom is -0.505 e. The molecule has 1 N–H and O–H groups in total. The first-order valence-electron chi connectivity index (χ1n) is 5.86. The van der Waals surface area contributed by atoms with Gasteiger partial charge in [-0.25, -0.2) is 9.37 Å². The molecule has 0 aliphatic carbocycles. The number of phenolic OH excluding ortho intramolecular Hbond substituents is 1. The maximum absolute atomic E-state index is 11.9. The Balaban J connectivity index is 2.40. The van der Waals surface area contributed by atoms with E-state index in [0.29, 0.717) is 11.2 Å². The summed E-state index contributed by atoms with van der Waals surface area (Å²) in [4.78, 5) is 4.37. The molecule has 2 aromatic rings. The number of phenols is 1. The second-order valence-electron chi connectivity index (χ2n) is 4.30. The van der Waals surface area contributed by atoms with Gasteiger partial charge in [0.15, 0.2) is 0 Å². The van der Waals surface area contributed by atoms with E-state index < -0.39 is 6.67 Å². The van der Waals surface area contributed by atoms with Crippen molar-refractivity contribution in [1.82, 2.24) is 4.98 Å². The average Bonchev–Trinajstić information content (AvgIpc) is 2.36. The predicted octanol–water partition coefficient (Wildman–Crippen LogP) is 3.04. The molecule has 0 saturated carbocycles. The van der Waals surface area contributed by atoms with Gasteiger partial charge in [-0.1, -0.05) is 12.1 Å². The van der Waals surface area contributed by atoms with Crippen LogP contribution in [-0.4, -0.2) is 23.4 Å². The maximum Gasteiger partial charge on any atom is 0.144 e. The van der Waals surface area contributed by atoms with Gasteiger partial charge in [0, 0.05) is 5.39 Å². The summed E-state index contributed by atoms with van der Waals surface area (Å²) in [5.41, 5.74) is 3.14. The highest BCUT2D eigenvalue weighted by Crippen LogP contribution is 2.29. The second kappa shape index (κ2) is 5.31. The minimum absolute atomic E-state index is 0.0680. The third-order valence-electron chi connectivity index (χ3n) is 2.88. The summed E-state index contributed by atoms with van der Waals surface area (Å²) in [5.74, 6) is 0.197. The van der Waals surface area contributed by atoms with Crippen molar-refractivity contribution < 1.29 is 14.2 Å². The number of hydrogen-bond donors (Lipinski definition) is 1. The number of aryl methyl sites for hydroxylation is 2. The molecule has 1 aromatic carbocycles. The largest absolute Gasteiger partial charge is 0.505 e. The summed E-state index contributed by atoms with van der Waals surface area (Å²) in [6.07, 6.45) is 0. The lowest BCUT2D eigenvalue weighted by Gasteiger charge is -2.09. The number of alkyl halides is 1. The average molecular weight is 249 g/mol. The topological polar surface area (TPSA) is 42.4 Å². The fourth-order valence-corrected chi connectivity index (χ4v) is 1.97. The standard InChI is InChI=1S/C14H16FNO2/c1-9-7-10(2)14(17)13-12(9)4-3-11(16-13)8-18-6-5-15/h3-4,7,17H,5-6,8H2,1-2H3. The van der Waals surface area contributed by atoms with Crippen molar-refractivity contribution in [3.63, 3.8) is 0 Å². The van der Waals surface area contributed by atoms with E-state index >= 15 is 0 Å². The summed E-state index contributed by atoms with van der Waals surface area (Å²) in [6, 6.07) is 5.67. The van der Waals surface area contributed by atoms with Crippen molar-refractivity contribution in [3.05, 3.63) is 35.0 Å². The van der Waals surface area contributed by atoms with E-state index in [1.807, 2.05) is 32.0 Å². The van der Waals surface area contributed by atoms with Crippen molar-refractivity contribution in [2.24, 2.45) is 0 Å². The summed E-state index contributed by atoms with van der Waals surface area (Å²) < 4.78 is 17.0. The summed E-state index contributed by atoms with van der Waals surface area (Å²) in [6.45, 7) is 3.65. The van der Waals surface area contributed by atoms with Gasteiger partial charge in [-0.2, -0.15) is 0 Å². The Hall–Kier alpha value is -1.68. The first-order chi connectivity index (χ1) is 8.63. The molecule has 0 spiro atoms. The second-order valence-corrected chi connectivity index (χ2v) is 4.30. The SMILES string of the molecule is Cc1cc(C)c2ccc(COCCF)nc2c1O. The van der Waals surface area contributed by atoms with E-state index in [9.17, 15) is 9.50 Å². The molecule has 2 rings (SSSR count). The van der Waals surface area contributed by atoms with E-state index in [2.05, 4.69) is 4.98 Å². The van der Waals surface area contributed by atoms with Crippen LogP contribution in [0.3, 0.4) is 0 Å². The number of aromatic nitrogens is 1. The highest BCUT2D eigenvalue weighted by Gasteiger charge is 2.08. The quantitative estimate of drug-likeness (QED) is 0.847. The zero-order chi connectivity index (χ0) is 13.1. The van der Waals surface area contributed by atoms with E-state index in [-0.39, 0.29) is 19.0 Å². The van der Waals surface area contributed by atoms with E-state index in [4.69, 9.17) is 4.74 Å². The van der Waals surface area contributed by atoms with Crippen LogP contribution in [0.2, 0.25) is 0 Å². The Morgan fingerprint density at radius 1 is 1.28 bits per heavy atom. The molecule has 0 unspecified atom stereocenters. The zero-order valence-electron chi connectivity index (χ0n) is 10.5. The van der Waals surface area contributed by atoms with E-state index in [1.54, 1.807) is 0 Å². The highest BCUT2D eigenvalue weighted by atomic mass is 19.1. The lowest BCUT2D eigenvalue weighted by Crippen LogP contribution is -1.99. The van der Waals surface area contributed by atoms with Crippen LogP contribution < -0.4 is 0 Å². The first-order valence-corrected chi connectivity index (χ1v) is 5.86. The molecule has 0 atom stereocenters. The molecule has 0 aliphatic heterocycles. The van der Waals surface area contributed by atoms with Gasteiger partial charge >= 0.3 is 0 Å². The molecule has 3 nitrogen and oxygen atoms in total. The number of benzene rings is 1. The Kier molecular flexibility index (Phi) is 3.77. The van der Waals surface area contributed by atoms with Gasteiger partial charge in [-0.3, -0.25) is 0 Å². The predicted molar refractivity (Wildman–Crippen MR) is 68.5 cm³/mol. The molecule has 1 heterocycles. The van der Waals surface area contributed by atoms with Crippen molar-refractivity contribution in [3.8, 4) is 5.75 Å². The van der Waals surface area contributed by atoms with Crippen LogP contribution in [0, 0.1) is 13.8 Å². The summed E-state index contributed by atoms with van der Waals surface area (Å²) in [5, 5.41) is 10.9. The zero-order valence-corrected chi connectivity index (χ0v) is 10.5. The van der Waals surface area contributed by atoms with Gasteiger partial charge in [0.25, 0.3) is 0 Å². The minimum atomic E-state index is -0.503. The number of nitrogens with zero attached hydrogens (tertiary/aromatic N) is 1. The number of pyridine rings is 1. The van der Waals surface area contributed by atoms with Gasteiger partial charge < -0.3 is 9.84 Å². The smallest absolute Gasteiger partial charge is 0.144 e. The Labute approximate surface area is 105 Å². The molecule has 4 heteroatoms. The van der Waals surface area contributed by atoms with Crippen LogP contribution in [-0.2, 0) is 11.3 Å². The third kappa shape index (κ3) is 2.43.